The van der Waals surface area contributed by atoms with E-state index >= 15 is 0 Å². The Bertz CT molecular complexity index is 442. The molecule has 0 spiro atoms. The molecule has 0 aliphatic carbocycles. The number of rotatable bonds is 5. The van der Waals surface area contributed by atoms with E-state index in [1.165, 1.54) is 11.1 Å². The van der Waals surface area contributed by atoms with Gasteiger partial charge >= 0.3 is 0 Å². The van der Waals surface area contributed by atoms with Crippen LogP contribution in [0.15, 0.2) is 18.2 Å². The van der Waals surface area contributed by atoms with Crippen molar-refractivity contribution in [2.75, 3.05) is 18.4 Å². The quantitative estimate of drug-likeness (QED) is 0.798. The molecule has 0 aromatic heterocycles. The summed E-state index contributed by atoms with van der Waals surface area (Å²) >= 11 is 5.61. The lowest BCUT2D eigenvalue weighted by Gasteiger charge is -2.29. The summed E-state index contributed by atoms with van der Waals surface area (Å²) in [5, 5.41) is 4.25. The first-order chi connectivity index (χ1) is 9.31. The second-order valence-corrected chi connectivity index (χ2v) is 6.76. The number of hydrogen-bond acceptors (Lipinski definition) is 1. The Morgan fingerprint density at radius 3 is 2.15 bits per heavy atom. The fourth-order valence-electron chi connectivity index (χ4n) is 2.20. The fourth-order valence-corrected chi connectivity index (χ4v) is 2.46. The van der Waals surface area contributed by atoms with Gasteiger partial charge < -0.3 is 10.2 Å². The largest absolute Gasteiger partial charge is 0.349 e. The lowest BCUT2D eigenvalue weighted by Crippen LogP contribution is -2.39. The number of nitrogens with one attached hydrogen (secondary N) is 1. The van der Waals surface area contributed by atoms with Crippen molar-refractivity contribution in [2.45, 2.75) is 41.5 Å². The summed E-state index contributed by atoms with van der Waals surface area (Å²) in [6.45, 7) is 15.2. The zero-order valence-corrected chi connectivity index (χ0v) is 14.5. The lowest BCUT2D eigenvalue weighted by atomic mass is 10.1. The van der Waals surface area contributed by atoms with Gasteiger partial charge in [0.05, 0.1) is 0 Å². The molecule has 0 aliphatic heterocycles. The molecule has 1 aromatic carbocycles. The molecule has 1 rings (SSSR count). The molecule has 0 saturated carbocycles. The van der Waals surface area contributed by atoms with Gasteiger partial charge in [-0.25, -0.2) is 0 Å². The Morgan fingerprint density at radius 1 is 1.10 bits per heavy atom. The molecule has 0 radical (unpaired) electrons. The molecule has 20 heavy (non-hydrogen) atoms. The Hall–Kier alpha value is -1.09. The monoisotopic (exact) mass is 292 g/mol. The van der Waals surface area contributed by atoms with Crippen LogP contribution in [-0.2, 0) is 0 Å². The molecule has 0 saturated heterocycles. The zero-order chi connectivity index (χ0) is 15.3. The van der Waals surface area contributed by atoms with Crippen molar-refractivity contribution in [1.82, 2.24) is 4.90 Å². The molecule has 0 bridgehead atoms. The number of nitrogens with zero attached hydrogens (tertiary/aromatic N) is 1. The summed E-state index contributed by atoms with van der Waals surface area (Å²) in [6.07, 6.45) is 0. The molecule has 1 aromatic rings. The minimum atomic E-state index is 0.604. The molecule has 0 amide bonds. The first kappa shape index (κ1) is 17.0. The van der Waals surface area contributed by atoms with Crippen LogP contribution in [0.3, 0.4) is 0 Å². The van der Waals surface area contributed by atoms with Gasteiger partial charge in [-0.05, 0) is 55.1 Å². The maximum Gasteiger partial charge on any atom is 0.173 e. The van der Waals surface area contributed by atoms with Crippen LogP contribution in [0.2, 0.25) is 0 Å². The zero-order valence-electron chi connectivity index (χ0n) is 13.7. The molecule has 0 atom stereocenters. The maximum atomic E-state index is 5.61. The Balaban J connectivity index is 2.82. The summed E-state index contributed by atoms with van der Waals surface area (Å²) in [4.78, 5) is 2.28. The van der Waals surface area contributed by atoms with Gasteiger partial charge in [-0.3, -0.25) is 0 Å². The van der Waals surface area contributed by atoms with Crippen LogP contribution < -0.4 is 5.32 Å². The number of aryl methyl sites for hydroxylation is 1. The first-order valence-corrected chi connectivity index (χ1v) is 7.84. The van der Waals surface area contributed by atoms with Gasteiger partial charge in [0.1, 0.15) is 0 Å². The van der Waals surface area contributed by atoms with E-state index < -0.39 is 0 Å². The molecular formula is C17H28N2S. The lowest BCUT2D eigenvalue weighted by molar-refractivity contribution is 0.332. The van der Waals surface area contributed by atoms with E-state index in [-0.39, 0.29) is 0 Å². The molecule has 2 nitrogen and oxygen atoms in total. The average molecular weight is 292 g/mol. The van der Waals surface area contributed by atoms with Gasteiger partial charge in [0, 0.05) is 18.8 Å². The van der Waals surface area contributed by atoms with E-state index in [0.717, 1.165) is 23.9 Å². The van der Waals surface area contributed by atoms with E-state index in [1.54, 1.807) is 0 Å². The normalized spacial score (nSPS) is 11.0. The van der Waals surface area contributed by atoms with Crippen LogP contribution in [0.5, 0.6) is 0 Å². The fraction of sp³-hybridized carbons (Fsp3) is 0.588. The second-order valence-electron chi connectivity index (χ2n) is 6.37. The highest BCUT2D eigenvalue weighted by Crippen LogP contribution is 2.19. The third-order valence-corrected chi connectivity index (χ3v) is 3.66. The average Bonchev–Trinajstić information content (AvgIpc) is 2.33. The Labute approximate surface area is 129 Å². The summed E-state index contributed by atoms with van der Waals surface area (Å²) in [5.41, 5.74) is 3.67. The molecule has 0 heterocycles. The first-order valence-electron chi connectivity index (χ1n) is 7.43. The van der Waals surface area contributed by atoms with Crippen molar-refractivity contribution >= 4 is 23.0 Å². The van der Waals surface area contributed by atoms with Crippen molar-refractivity contribution in [3.8, 4) is 0 Å². The molecule has 3 heteroatoms. The molecule has 0 fully saturated rings. The van der Waals surface area contributed by atoms with Crippen LogP contribution in [0.4, 0.5) is 5.69 Å². The van der Waals surface area contributed by atoms with Gasteiger partial charge in [0.25, 0.3) is 0 Å². The predicted molar refractivity (Wildman–Crippen MR) is 93.4 cm³/mol. The molecule has 112 valence electrons. The minimum Gasteiger partial charge on any atom is -0.349 e. The van der Waals surface area contributed by atoms with Crippen molar-refractivity contribution in [2.24, 2.45) is 11.8 Å². The molecule has 0 unspecified atom stereocenters. The standard InChI is InChI=1S/C17H28N2S/c1-12(2)10-19(11-13(3)4)17(20)18-16-9-7-8-14(5)15(16)6/h7-9,12-13H,10-11H2,1-6H3,(H,18,20). The van der Waals surface area contributed by atoms with Crippen LogP contribution in [0.1, 0.15) is 38.8 Å². The van der Waals surface area contributed by atoms with Crippen molar-refractivity contribution in [3.05, 3.63) is 29.3 Å². The highest BCUT2D eigenvalue weighted by Gasteiger charge is 2.14. The minimum absolute atomic E-state index is 0.604. The van der Waals surface area contributed by atoms with Crippen molar-refractivity contribution < 1.29 is 0 Å². The third-order valence-electron chi connectivity index (χ3n) is 3.30. The van der Waals surface area contributed by atoms with Crippen molar-refractivity contribution in [1.29, 1.82) is 0 Å². The van der Waals surface area contributed by atoms with E-state index in [9.17, 15) is 0 Å². The highest BCUT2D eigenvalue weighted by atomic mass is 32.1. The number of benzene rings is 1. The maximum absolute atomic E-state index is 5.61. The van der Waals surface area contributed by atoms with E-state index in [2.05, 4.69) is 70.0 Å². The van der Waals surface area contributed by atoms with Crippen LogP contribution in [0, 0.1) is 25.7 Å². The number of thiocarbonyl (C=S) groups is 1. The second kappa shape index (κ2) is 7.63. The molecule has 0 aliphatic rings. The predicted octanol–water partition coefficient (Wildman–Crippen LogP) is 4.61. The SMILES string of the molecule is Cc1cccc(NC(=S)N(CC(C)C)CC(C)C)c1C. The van der Waals surface area contributed by atoms with Gasteiger partial charge in [0.2, 0.25) is 0 Å². The van der Waals surface area contributed by atoms with Crippen LogP contribution in [0.25, 0.3) is 0 Å². The topological polar surface area (TPSA) is 15.3 Å². The summed E-state index contributed by atoms with van der Waals surface area (Å²) in [6, 6.07) is 6.30. The van der Waals surface area contributed by atoms with Gasteiger partial charge in [-0.1, -0.05) is 39.8 Å². The van der Waals surface area contributed by atoms with E-state index in [4.69, 9.17) is 12.2 Å². The summed E-state index contributed by atoms with van der Waals surface area (Å²) in [7, 11) is 0. The van der Waals surface area contributed by atoms with Gasteiger partial charge in [-0.2, -0.15) is 0 Å². The van der Waals surface area contributed by atoms with E-state index in [0.29, 0.717) is 11.8 Å². The number of anilines is 1. The third kappa shape index (κ3) is 5.12. The van der Waals surface area contributed by atoms with E-state index in [1.807, 2.05) is 0 Å². The van der Waals surface area contributed by atoms with Gasteiger partial charge in [0.15, 0.2) is 5.11 Å². The summed E-state index contributed by atoms with van der Waals surface area (Å²) in [5.74, 6) is 1.21. The Kier molecular flexibility index (Phi) is 6.47. The van der Waals surface area contributed by atoms with Crippen LogP contribution >= 0.6 is 12.2 Å². The highest BCUT2D eigenvalue weighted by molar-refractivity contribution is 7.80. The molecule has 1 N–H and O–H groups in total. The molecular weight excluding hydrogens is 264 g/mol. The summed E-state index contributed by atoms with van der Waals surface area (Å²) < 4.78 is 0. The Morgan fingerprint density at radius 2 is 1.65 bits per heavy atom. The van der Waals surface area contributed by atoms with Crippen molar-refractivity contribution in [3.63, 3.8) is 0 Å². The van der Waals surface area contributed by atoms with Crippen LogP contribution in [-0.4, -0.2) is 23.1 Å². The smallest absolute Gasteiger partial charge is 0.173 e. The van der Waals surface area contributed by atoms with Gasteiger partial charge in [-0.15, -0.1) is 0 Å². The number of hydrogen-bond donors (Lipinski definition) is 1.